The molecule has 1 N–H and O–H groups in total. The van der Waals surface area contributed by atoms with E-state index in [-0.39, 0.29) is 5.78 Å². The highest BCUT2D eigenvalue weighted by atomic mass is 35.5. The van der Waals surface area contributed by atoms with Crippen LogP contribution in [0.4, 0.5) is 11.4 Å². The van der Waals surface area contributed by atoms with E-state index >= 15 is 0 Å². The molecule has 3 nitrogen and oxygen atoms in total. The summed E-state index contributed by atoms with van der Waals surface area (Å²) in [5, 5.41) is 5.66. The highest BCUT2D eigenvalue weighted by Crippen LogP contribution is 2.27. The fourth-order valence-corrected chi connectivity index (χ4v) is 3.24. The summed E-state index contributed by atoms with van der Waals surface area (Å²) in [5.74, 6) is -0.0597. The van der Waals surface area contributed by atoms with Crippen molar-refractivity contribution in [2.75, 3.05) is 5.32 Å². The number of allylic oxidation sites excluding steroid dienone is 1. The summed E-state index contributed by atoms with van der Waals surface area (Å²) in [4.78, 5) is 16.8. The highest BCUT2D eigenvalue weighted by Gasteiger charge is 2.05. The fourth-order valence-electron chi connectivity index (χ4n) is 2.95. The number of pyridine rings is 1. The monoisotopic (exact) mass is 418 g/mol. The Morgan fingerprint density at radius 1 is 0.862 bits per heavy atom. The Labute approximate surface area is 178 Å². The molecule has 0 aliphatic heterocycles. The Morgan fingerprint density at radius 3 is 2.34 bits per heavy atom. The molecule has 4 rings (SSSR count). The predicted molar refractivity (Wildman–Crippen MR) is 121 cm³/mol. The number of hydrogen-bond donors (Lipinski definition) is 1. The summed E-state index contributed by atoms with van der Waals surface area (Å²) in [5.41, 5.74) is 4.17. The summed E-state index contributed by atoms with van der Waals surface area (Å²) in [7, 11) is 0. The molecule has 0 aliphatic rings. The van der Waals surface area contributed by atoms with Crippen molar-refractivity contribution in [1.82, 2.24) is 4.98 Å². The lowest BCUT2D eigenvalue weighted by molar-refractivity contribution is 0.104. The van der Waals surface area contributed by atoms with Crippen molar-refractivity contribution >= 4 is 57.3 Å². The van der Waals surface area contributed by atoms with Gasteiger partial charge in [-0.1, -0.05) is 41.4 Å². The number of carbonyl (C=O) groups excluding carboxylic acids is 1. The molecule has 0 fully saturated rings. The molecule has 142 valence electrons. The van der Waals surface area contributed by atoms with Gasteiger partial charge in [0.2, 0.25) is 0 Å². The van der Waals surface area contributed by atoms with Crippen molar-refractivity contribution in [3.8, 4) is 0 Å². The maximum Gasteiger partial charge on any atom is 0.185 e. The van der Waals surface area contributed by atoms with Crippen molar-refractivity contribution in [2.45, 2.75) is 0 Å². The normalized spacial score (nSPS) is 11.1. The van der Waals surface area contributed by atoms with Gasteiger partial charge in [-0.05, 0) is 72.3 Å². The van der Waals surface area contributed by atoms with Gasteiger partial charge in [0, 0.05) is 38.6 Å². The number of ketones is 1. The van der Waals surface area contributed by atoms with E-state index < -0.39 is 0 Å². The number of anilines is 2. The van der Waals surface area contributed by atoms with Crippen LogP contribution >= 0.6 is 23.2 Å². The van der Waals surface area contributed by atoms with Gasteiger partial charge in [0.25, 0.3) is 0 Å². The van der Waals surface area contributed by atoms with Crippen molar-refractivity contribution in [3.63, 3.8) is 0 Å². The van der Waals surface area contributed by atoms with Crippen LogP contribution < -0.4 is 5.32 Å². The van der Waals surface area contributed by atoms with Gasteiger partial charge in [-0.15, -0.1) is 0 Å². The third kappa shape index (κ3) is 4.65. The molecule has 0 spiro atoms. The minimum atomic E-state index is -0.0597. The van der Waals surface area contributed by atoms with E-state index in [0.717, 1.165) is 27.8 Å². The van der Waals surface area contributed by atoms with Crippen LogP contribution in [0.5, 0.6) is 0 Å². The molecular weight excluding hydrogens is 403 g/mol. The first-order valence-corrected chi connectivity index (χ1v) is 9.73. The number of halogens is 2. The van der Waals surface area contributed by atoms with Gasteiger partial charge in [-0.2, -0.15) is 0 Å². The number of nitrogens with one attached hydrogen (secondary N) is 1. The zero-order chi connectivity index (χ0) is 20.2. The minimum absolute atomic E-state index is 0.0597. The van der Waals surface area contributed by atoms with Gasteiger partial charge in [0.05, 0.1) is 5.52 Å². The number of rotatable bonds is 5. The summed E-state index contributed by atoms with van der Waals surface area (Å²) >= 11 is 11.9. The molecule has 0 saturated carbocycles. The molecule has 0 amide bonds. The second kappa shape index (κ2) is 8.48. The third-order valence-electron chi connectivity index (χ3n) is 4.45. The summed E-state index contributed by atoms with van der Waals surface area (Å²) in [6, 6.07) is 22.2. The molecule has 3 aromatic carbocycles. The number of nitrogens with zero attached hydrogens (tertiary/aromatic N) is 1. The van der Waals surface area contributed by atoms with E-state index in [0.29, 0.717) is 15.6 Å². The van der Waals surface area contributed by atoms with Crippen LogP contribution in [0.15, 0.2) is 85.1 Å². The summed E-state index contributed by atoms with van der Waals surface area (Å²) in [6.07, 6.45) is 5.07. The first-order valence-electron chi connectivity index (χ1n) is 8.98. The van der Waals surface area contributed by atoms with Crippen LogP contribution in [-0.2, 0) is 0 Å². The van der Waals surface area contributed by atoms with E-state index in [1.54, 1.807) is 42.6 Å². The first-order chi connectivity index (χ1) is 14.1. The SMILES string of the molecule is O=C(/C=C/c1ccc(Cl)cc1)c1ccc(Nc2ccnc3cc(Cl)ccc23)cc1. The van der Waals surface area contributed by atoms with Gasteiger partial charge in [0.15, 0.2) is 5.78 Å². The second-order valence-electron chi connectivity index (χ2n) is 6.47. The van der Waals surface area contributed by atoms with Crippen LogP contribution in [0, 0.1) is 0 Å². The quantitative estimate of drug-likeness (QED) is 0.275. The maximum absolute atomic E-state index is 12.4. The van der Waals surface area contributed by atoms with Crippen molar-refractivity contribution < 1.29 is 4.79 Å². The van der Waals surface area contributed by atoms with Gasteiger partial charge >= 0.3 is 0 Å². The Morgan fingerprint density at radius 2 is 1.59 bits per heavy atom. The maximum atomic E-state index is 12.4. The number of carbonyl (C=O) groups is 1. The second-order valence-corrected chi connectivity index (χ2v) is 7.34. The number of fused-ring (bicyclic) bond motifs is 1. The third-order valence-corrected chi connectivity index (χ3v) is 4.94. The number of aromatic nitrogens is 1. The first kappa shape index (κ1) is 19.2. The highest BCUT2D eigenvalue weighted by molar-refractivity contribution is 6.31. The molecule has 4 aromatic rings. The Balaban J connectivity index is 1.49. The standard InChI is InChI=1S/C24H16Cl2N2O/c25-18-6-1-16(2-7-18)3-12-24(29)17-4-9-20(10-5-17)28-22-13-14-27-23-15-19(26)8-11-21(22)23/h1-15H,(H,27,28)/b12-3+. The molecule has 0 saturated heterocycles. The van der Waals surface area contributed by atoms with E-state index in [2.05, 4.69) is 10.3 Å². The van der Waals surface area contributed by atoms with Gasteiger partial charge in [-0.25, -0.2) is 0 Å². The fraction of sp³-hybridized carbons (Fsp3) is 0. The Hall–Kier alpha value is -3.14. The average Bonchev–Trinajstić information content (AvgIpc) is 2.73. The van der Waals surface area contributed by atoms with Gasteiger partial charge in [0.1, 0.15) is 0 Å². The largest absolute Gasteiger partial charge is 0.355 e. The lowest BCUT2D eigenvalue weighted by atomic mass is 10.1. The van der Waals surface area contributed by atoms with E-state index in [4.69, 9.17) is 23.2 Å². The molecule has 0 bridgehead atoms. The molecule has 1 heterocycles. The lowest BCUT2D eigenvalue weighted by Gasteiger charge is -2.10. The summed E-state index contributed by atoms with van der Waals surface area (Å²) < 4.78 is 0. The molecule has 0 atom stereocenters. The smallest absolute Gasteiger partial charge is 0.185 e. The molecule has 0 unspecified atom stereocenters. The molecule has 0 aliphatic carbocycles. The van der Waals surface area contributed by atoms with Crippen molar-refractivity contribution in [2.24, 2.45) is 0 Å². The van der Waals surface area contributed by atoms with Gasteiger partial charge < -0.3 is 5.32 Å². The average molecular weight is 419 g/mol. The zero-order valence-corrected chi connectivity index (χ0v) is 16.8. The molecular formula is C24H16Cl2N2O. The summed E-state index contributed by atoms with van der Waals surface area (Å²) in [6.45, 7) is 0. The van der Waals surface area contributed by atoms with E-state index in [1.165, 1.54) is 0 Å². The van der Waals surface area contributed by atoms with Crippen LogP contribution in [0.1, 0.15) is 15.9 Å². The predicted octanol–water partition coefficient (Wildman–Crippen LogP) is 7.18. The van der Waals surface area contributed by atoms with Crippen molar-refractivity contribution in [3.05, 3.63) is 106 Å². The zero-order valence-electron chi connectivity index (χ0n) is 15.3. The Kier molecular flexibility index (Phi) is 5.61. The molecule has 29 heavy (non-hydrogen) atoms. The van der Waals surface area contributed by atoms with E-state index in [9.17, 15) is 4.79 Å². The van der Waals surface area contributed by atoms with Crippen LogP contribution in [0.2, 0.25) is 10.0 Å². The lowest BCUT2D eigenvalue weighted by Crippen LogP contribution is -1.96. The number of benzene rings is 3. The minimum Gasteiger partial charge on any atom is -0.355 e. The van der Waals surface area contributed by atoms with Crippen LogP contribution in [-0.4, -0.2) is 10.8 Å². The van der Waals surface area contributed by atoms with Crippen LogP contribution in [0.3, 0.4) is 0 Å². The van der Waals surface area contributed by atoms with Crippen LogP contribution in [0.25, 0.3) is 17.0 Å². The van der Waals surface area contributed by atoms with Crippen molar-refractivity contribution in [1.29, 1.82) is 0 Å². The van der Waals surface area contributed by atoms with Gasteiger partial charge in [-0.3, -0.25) is 9.78 Å². The molecule has 5 heteroatoms. The Bertz CT molecular complexity index is 1200. The topological polar surface area (TPSA) is 42.0 Å². The molecule has 1 aromatic heterocycles. The van der Waals surface area contributed by atoms with E-state index in [1.807, 2.05) is 48.5 Å². The number of hydrogen-bond acceptors (Lipinski definition) is 3. The molecule has 0 radical (unpaired) electrons.